The molecule has 3 rings (SSSR count). The molecule has 29 heavy (non-hydrogen) atoms. The number of benzene rings is 2. The fourth-order valence-electron chi connectivity index (χ4n) is 2.86. The van der Waals surface area contributed by atoms with E-state index in [9.17, 15) is 14.4 Å². The SMILES string of the molecule is CC(=O)NCCCc1nc(-c2ccccc2)[nH]c(=O)c1NC(=O)c1ccccc1. The maximum absolute atomic E-state index is 12.8. The first-order valence-corrected chi connectivity index (χ1v) is 9.34. The zero-order valence-corrected chi connectivity index (χ0v) is 16.1. The van der Waals surface area contributed by atoms with E-state index in [2.05, 4.69) is 20.6 Å². The van der Waals surface area contributed by atoms with Crippen molar-refractivity contribution in [3.8, 4) is 11.4 Å². The number of hydrogen-bond donors (Lipinski definition) is 3. The topological polar surface area (TPSA) is 104 Å². The van der Waals surface area contributed by atoms with Crippen molar-refractivity contribution in [2.75, 3.05) is 11.9 Å². The molecule has 3 N–H and O–H groups in total. The van der Waals surface area contributed by atoms with Gasteiger partial charge in [0.05, 0.1) is 5.69 Å². The van der Waals surface area contributed by atoms with Gasteiger partial charge in [-0.05, 0) is 25.0 Å². The maximum atomic E-state index is 12.8. The number of carbonyl (C=O) groups is 2. The number of rotatable bonds is 7. The Bertz CT molecular complexity index is 1050. The van der Waals surface area contributed by atoms with Crippen LogP contribution < -0.4 is 16.2 Å². The minimum atomic E-state index is -0.419. The van der Waals surface area contributed by atoms with Crippen molar-refractivity contribution in [3.05, 3.63) is 82.3 Å². The molecule has 0 bridgehead atoms. The third-order valence-corrected chi connectivity index (χ3v) is 4.28. The summed E-state index contributed by atoms with van der Waals surface area (Å²) in [5.41, 5.74) is 1.40. The molecule has 0 aliphatic carbocycles. The van der Waals surface area contributed by atoms with Crippen LogP contribution in [0.25, 0.3) is 11.4 Å². The molecule has 0 fully saturated rings. The average molecular weight is 390 g/mol. The van der Waals surface area contributed by atoms with Crippen LogP contribution in [0, 0.1) is 0 Å². The highest BCUT2D eigenvalue weighted by molar-refractivity contribution is 6.04. The van der Waals surface area contributed by atoms with Gasteiger partial charge in [0.2, 0.25) is 5.91 Å². The van der Waals surface area contributed by atoms with Crippen LogP contribution >= 0.6 is 0 Å². The lowest BCUT2D eigenvalue weighted by molar-refractivity contribution is -0.118. The van der Waals surface area contributed by atoms with Crippen LogP contribution in [0.15, 0.2) is 65.5 Å². The Hall–Kier alpha value is -3.74. The Kier molecular flexibility index (Phi) is 6.52. The molecule has 0 aliphatic heterocycles. The average Bonchev–Trinajstić information content (AvgIpc) is 2.74. The second-order valence-corrected chi connectivity index (χ2v) is 6.51. The molecule has 0 saturated heterocycles. The van der Waals surface area contributed by atoms with E-state index in [0.717, 1.165) is 5.56 Å². The van der Waals surface area contributed by atoms with Gasteiger partial charge >= 0.3 is 0 Å². The normalized spacial score (nSPS) is 10.4. The summed E-state index contributed by atoms with van der Waals surface area (Å²) in [7, 11) is 0. The highest BCUT2D eigenvalue weighted by Crippen LogP contribution is 2.18. The van der Waals surface area contributed by atoms with Crippen molar-refractivity contribution in [2.24, 2.45) is 0 Å². The van der Waals surface area contributed by atoms with Crippen LogP contribution in [0.5, 0.6) is 0 Å². The van der Waals surface area contributed by atoms with E-state index in [1.54, 1.807) is 24.3 Å². The van der Waals surface area contributed by atoms with Crippen molar-refractivity contribution < 1.29 is 9.59 Å². The zero-order valence-electron chi connectivity index (χ0n) is 16.1. The third-order valence-electron chi connectivity index (χ3n) is 4.28. The number of anilines is 1. The maximum Gasteiger partial charge on any atom is 0.275 e. The molecule has 0 radical (unpaired) electrons. The summed E-state index contributed by atoms with van der Waals surface area (Å²) >= 11 is 0. The van der Waals surface area contributed by atoms with Gasteiger partial charge in [-0.3, -0.25) is 14.4 Å². The standard InChI is InChI=1S/C22H22N4O3/c1-15(27)23-14-8-13-18-19(25-21(28)17-11-6-3-7-12-17)22(29)26-20(24-18)16-9-4-2-5-10-16/h2-7,9-12H,8,13-14H2,1H3,(H,23,27)(H,25,28)(H,24,26,29). The van der Waals surface area contributed by atoms with Crippen LogP contribution in [0.1, 0.15) is 29.4 Å². The van der Waals surface area contributed by atoms with E-state index in [4.69, 9.17) is 0 Å². The number of H-pyrrole nitrogens is 1. The van der Waals surface area contributed by atoms with E-state index < -0.39 is 5.56 Å². The van der Waals surface area contributed by atoms with Crippen LogP contribution in [-0.4, -0.2) is 28.3 Å². The van der Waals surface area contributed by atoms with Crippen LogP contribution in [0.3, 0.4) is 0 Å². The summed E-state index contributed by atoms with van der Waals surface area (Å²) in [4.78, 5) is 43.7. The molecule has 0 aliphatic rings. The molecule has 3 aromatic rings. The first kappa shape index (κ1) is 20.0. The van der Waals surface area contributed by atoms with Gasteiger partial charge in [0, 0.05) is 24.6 Å². The van der Waals surface area contributed by atoms with Crippen LogP contribution in [0.4, 0.5) is 5.69 Å². The predicted octanol–water partition coefficient (Wildman–Crippen LogP) is 2.76. The van der Waals surface area contributed by atoms with Crippen molar-refractivity contribution in [1.82, 2.24) is 15.3 Å². The number of hydrogen-bond acceptors (Lipinski definition) is 4. The van der Waals surface area contributed by atoms with E-state index in [0.29, 0.717) is 36.5 Å². The second-order valence-electron chi connectivity index (χ2n) is 6.51. The highest BCUT2D eigenvalue weighted by atomic mass is 16.2. The molecule has 2 amide bonds. The van der Waals surface area contributed by atoms with Gasteiger partial charge in [-0.1, -0.05) is 48.5 Å². The van der Waals surface area contributed by atoms with Crippen LogP contribution in [0.2, 0.25) is 0 Å². The van der Waals surface area contributed by atoms with Crippen LogP contribution in [-0.2, 0) is 11.2 Å². The number of aromatic amines is 1. The number of nitrogens with zero attached hydrogens (tertiary/aromatic N) is 1. The van der Waals surface area contributed by atoms with Gasteiger partial charge in [0.15, 0.2) is 0 Å². The minimum Gasteiger partial charge on any atom is -0.356 e. The van der Waals surface area contributed by atoms with E-state index in [-0.39, 0.29) is 17.5 Å². The van der Waals surface area contributed by atoms with Gasteiger partial charge in [-0.2, -0.15) is 0 Å². The molecule has 0 saturated carbocycles. The monoisotopic (exact) mass is 390 g/mol. The number of aryl methyl sites for hydroxylation is 1. The number of aromatic nitrogens is 2. The Labute approximate surface area is 168 Å². The second kappa shape index (κ2) is 9.45. The zero-order chi connectivity index (χ0) is 20.6. The Morgan fingerprint density at radius 2 is 1.66 bits per heavy atom. The largest absolute Gasteiger partial charge is 0.356 e. The van der Waals surface area contributed by atoms with Crippen molar-refractivity contribution >= 4 is 17.5 Å². The molecule has 0 atom stereocenters. The molecular formula is C22H22N4O3. The van der Waals surface area contributed by atoms with Gasteiger partial charge < -0.3 is 15.6 Å². The summed E-state index contributed by atoms with van der Waals surface area (Å²) in [5, 5.41) is 5.41. The minimum absolute atomic E-state index is 0.119. The van der Waals surface area contributed by atoms with Crippen molar-refractivity contribution in [2.45, 2.75) is 19.8 Å². The lowest BCUT2D eigenvalue weighted by Gasteiger charge is -2.12. The molecule has 148 valence electrons. The summed E-state index contributed by atoms with van der Waals surface area (Å²) in [6.45, 7) is 1.90. The molecule has 1 aromatic heterocycles. The van der Waals surface area contributed by atoms with E-state index >= 15 is 0 Å². The molecule has 0 unspecified atom stereocenters. The number of carbonyl (C=O) groups excluding carboxylic acids is 2. The molecule has 7 heteroatoms. The molecule has 2 aromatic carbocycles. The fourth-order valence-corrected chi connectivity index (χ4v) is 2.86. The van der Waals surface area contributed by atoms with Gasteiger partial charge in [-0.25, -0.2) is 4.98 Å². The quantitative estimate of drug-likeness (QED) is 0.540. The fraction of sp³-hybridized carbons (Fsp3) is 0.182. The molecule has 0 spiro atoms. The van der Waals surface area contributed by atoms with E-state index in [1.165, 1.54) is 6.92 Å². The van der Waals surface area contributed by atoms with Gasteiger partial charge in [-0.15, -0.1) is 0 Å². The van der Waals surface area contributed by atoms with Crippen molar-refractivity contribution in [1.29, 1.82) is 0 Å². The highest BCUT2D eigenvalue weighted by Gasteiger charge is 2.16. The number of nitrogens with one attached hydrogen (secondary N) is 3. The molecular weight excluding hydrogens is 368 g/mol. The summed E-state index contributed by atoms with van der Waals surface area (Å²) in [6.07, 6.45) is 1.01. The first-order chi connectivity index (χ1) is 14.0. The molecule has 1 heterocycles. The lowest BCUT2D eigenvalue weighted by atomic mass is 10.1. The lowest BCUT2D eigenvalue weighted by Crippen LogP contribution is -2.25. The molecule has 7 nitrogen and oxygen atoms in total. The summed E-state index contributed by atoms with van der Waals surface area (Å²) in [5.74, 6) is -0.0669. The Balaban J connectivity index is 1.91. The summed E-state index contributed by atoms with van der Waals surface area (Å²) < 4.78 is 0. The first-order valence-electron chi connectivity index (χ1n) is 9.34. The predicted molar refractivity (Wildman–Crippen MR) is 112 cm³/mol. The van der Waals surface area contributed by atoms with Gasteiger partial charge in [0.1, 0.15) is 11.5 Å². The Morgan fingerprint density at radius 3 is 2.31 bits per heavy atom. The Morgan fingerprint density at radius 1 is 1.00 bits per heavy atom. The third kappa shape index (κ3) is 5.38. The van der Waals surface area contributed by atoms with Crippen molar-refractivity contribution in [3.63, 3.8) is 0 Å². The summed E-state index contributed by atoms with van der Waals surface area (Å²) in [6, 6.07) is 18.0. The number of amides is 2. The smallest absolute Gasteiger partial charge is 0.275 e. The van der Waals surface area contributed by atoms with Gasteiger partial charge in [0.25, 0.3) is 11.5 Å². The van der Waals surface area contributed by atoms with E-state index in [1.807, 2.05) is 36.4 Å².